The monoisotopic (exact) mass is 183 g/mol. The second kappa shape index (κ2) is 3.28. The summed E-state index contributed by atoms with van der Waals surface area (Å²) in [6, 6.07) is 0. The van der Waals surface area contributed by atoms with Gasteiger partial charge < -0.3 is 15.2 Å². The number of ether oxygens (including phenoxy) is 2. The van der Waals surface area contributed by atoms with E-state index in [0.29, 0.717) is 5.92 Å². The SMILES string of the molecule is NC(=O)C1=COC(C2CCCC2)O1. The van der Waals surface area contributed by atoms with Crippen LogP contribution in [0.5, 0.6) is 0 Å². The van der Waals surface area contributed by atoms with Crippen LogP contribution in [0.25, 0.3) is 0 Å². The Morgan fingerprint density at radius 1 is 1.46 bits per heavy atom. The van der Waals surface area contributed by atoms with Crippen molar-refractivity contribution < 1.29 is 14.3 Å². The summed E-state index contributed by atoms with van der Waals surface area (Å²) in [5, 5.41) is 0. The number of carbonyl (C=O) groups excluding carboxylic acids is 1. The summed E-state index contributed by atoms with van der Waals surface area (Å²) in [6.45, 7) is 0. The highest BCUT2D eigenvalue weighted by Gasteiger charge is 2.32. The minimum absolute atomic E-state index is 0.150. The number of amides is 1. The molecule has 1 fully saturated rings. The van der Waals surface area contributed by atoms with Crippen molar-refractivity contribution in [1.82, 2.24) is 0 Å². The van der Waals surface area contributed by atoms with Crippen molar-refractivity contribution in [3.05, 3.63) is 12.0 Å². The molecule has 4 heteroatoms. The molecule has 0 aromatic carbocycles. The standard InChI is InChI=1S/C9H13NO3/c10-8(11)7-5-12-9(13-7)6-3-1-2-4-6/h5-6,9H,1-4H2,(H2,10,11). The van der Waals surface area contributed by atoms with Gasteiger partial charge in [-0.15, -0.1) is 0 Å². The molecule has 1 aliphatic carbocycles. The summed E-state index contributed by atoms with van der Waals surface area (Å²) < 4.78 is 10.5. The molecule has 0 saturated heterocycles. The number of hydrogen-bond donors (Lipinski definition) is 1. The highest BCUT2D eigenvalue weighted by Crippen LogP contribution is 2.33. The van der Waals surface area contributed by atoms with E-state index < -0.39 is 5.91 Å². The van der Waals surface area contributed by atoms with Gasteiger partial charge >= 0.3 is 0 Å². The topological polar surface area (TPSA) is 61.6 Å². The molecule has 0 bridgehead atoms. The van der Waals surface area contributed by atoms with Gasteiger partial charge in [-0.3, -0.25) is 4.79 Å². The molecular formula is C9H13NO3. The minimum Gasteiger partial charge on any atom is -0.458 e. The van der Waals surface area contributed by atoms with Gasteiger partial charge in [-0.05, 0) is 12.8 Å². The van der Waals surface area contributed by atoms with Crippen LogP contribution in [0.4, 0.5) is 0 Å². The van der Waals surface area contributed by atoms with Gasteiger partial charge in [-0.2, -0.15) is 0 Å². The molecule has 1 heterocycles. The molecule has 2 rings (SSSR count). The van der Waals surface area contributed by atoms with Crippen LogP contribution in [0.3, 0.4) is 0 Å². The van der Waals surface area contributed by atoms with Crippen molar-refractivity contribution in [1.29, 1.82) is 0 Å². The van der Waals surface area contributed by atoms with Crippen LogP contribution < -0.4 is 5.73 Å². The van der Waals surface area contributed by atoms with Crippen LogP contribution in [0.15, 0.2) is 12.0 Å². The minimum atomic E-state index is -0.555. The fourth-order valence-corrected chi connectivity index (χ4v) is 1.86. The van der Waals surface area contributed by atoms with Crippen molar-refractivity contribution in [3.8, 4) is 0 Å². The molecule has 2 aliphatic rings. The molecule has 2 N–H and O–H groups in total. The Balaban J connectivity index is 1.90. The van der Waals surface area contributed by atoms with E-state index in [4.69, 9.17) is 15.2 Å². The second-order valence-corrected chi connectivity index (χ2v) is 3.51. The summed E-state index contributed by atoms with van der Waals surface area (Å²) in [4.78, 5) is 10.7. The van der Waals surface area contributed by atoms with Crippen molar-refractivity contribution in [3.63, 3.8) is 0 Å². The number of carbonyl (C=O) groups is 1. The number of nitrogens with two attached hydrogens (primary N) is 1. The Morgan fingerprint density at radius 2 is 2.15 bits per heavy atom. The summed E-state index contributed by atoms with van der Waals surface area (Å²) in [6.07, 6.45) is 5.73. The first-order valence-corrected chi connectivity index (χ1v) is 4.59. The first kappa shape index (κ1) is 8.41. The van der Waals surface area contributed by atoms with Crippen LogP contribution >= 0.6 is 0 Å². The zero-order valence-corrected chi connectivity index (χ0v) is 7.36. The van der Waals surface area contributed by atoms with Crippen LogP contribution in [-0.2, 0) is 14.3 Å². The smallest absolute Gasteiger partial charge is 0.287 e. The maximum atomic E-state index is 10.7. The largest absolute Gasteiger partial charge is 0.458 e. The number of hydrogen-bond acceptors (Lipinski definition) is 3. The van der Waals surface area contributed by atoms with Gasteiger partial charge in [0.1, 0.15) is 6.26 Å². The molecule has 4 nitrogen and oxygen atoms in total. The number of rotatable bonds is 2. The molecule has 1 atom stereocenters. The summed E-state index contributed by atoms with van der Waals surface area (Å²) >= 11 is 0. The normalized spacial score (nSPS) is 28.0. The first-order chi connectivity index (χ1) is 6.27. The van der Waals surface area contributed by atoms with Gasteiger partial charge in [-0.1, -0.05) is 12.8 Å². The fraction of sp³-hybridized carbons (Fsp3) is 0.667. The Hall–Kier alpha value is -1.19. The van der Waals surface area contributed by atoms with Gasteiger partial charge in [0, 0.05) is 5.92 Å². The van der Waals surface area contributed by atoms with E-state index in [9.17, 15) is 4.79 Å². The van der Waals surface area contributed by atoms with Crippen molar-refractivity contribution in [2.24, 2.45) is 11.7 Å². The molecule has 0 aromatic rings. The Labute approximate surface area is 76.7 Å². The van der Waals surface area contributed by atoms with E-state index in [-0.39, 0.29) is 12.0 Å². The van der Waals surface area contributed by atoms with Gasteiger partial charge in [0.15, 0.2) is 0 Å². The lowest BCUT2D eigenvalue weighted by Crippen LogP contribution is -2.22. The zero-order chi connectivity index (χ0) is 9.26. The lowest BCUT2D eigenvalue weighted by molar-refractivity contribution is -0.123. The fourth-order valence-electron chi connectivity index (χ4n) is 1.86. The summed E-state index contributed by atoms with van der Waals surface area (Å²) in [7, 11) is 0. The summed E-state index contributed by atoms with van der Waals surface area (Å²) in [5.74, 6) is 0.0190. The number of primary amides is 1. The highest BCUT2D eigenvalue weighted by molar-refractivity contribution is 5.89. The molecule has 1 unspecified atom stereocenters. The predicted octanol–water partition coefficient (Wildman–Crippen LogP) is 0.876. The Kier molecular flexibility index (Phi) is 2.12. The summed E-state index contributed by atoms with van der Waals surface area (Å²) in [5.41, 5.74) is 5.05. The van der Waals surface area contributed by atoms with Gasteiger partial charge in [0.05, 0.1) is 0 Å². The zero-order valence-electron chi connectivity index (χ0n) is 7.36. The van der Waals surface area contributed by atoms with E-state index in [2.05, 4.69) is 0 Å². The van der Waals surface area contributed by atoms with Crippen molar-refractivity contribution in [2.75, 3.05) is 0 Å². The van der Waals surface area contributed by atoms with E-state index in [1.54, 1.807) is 0 Å². The average molecular weight is 183 g/mol. The first-order valence-electron chi connectivity index (χ1n) is 4.59. The molecule has 13 heavy (non-hydrogen) atoms. The van der Waals surface area contributed by atoms with Crippen molar-refractivity contribution >= 4 is 5.91 Å². The van der Waals surface area contributed by atoms with Crippen LogP contribution in [0.1, 0.15) is 25.7 Å². The van der Waals surface area contributed by atoms with Crippen LogP contribution in [0, 0.1) is 5.92 Å². The van der Waals surface area contributed by atoms with Gasteiger partial charge in [-0.25, -0.2) is 0 Å². The van der Waals surface area contributed by atoms with E-state index in [0.717, 1.165) is 12.8 Å². The Morgan fingerprint density at radius 3 is 2.69 bits per heavy atom. The quantitative estimate of drug-likeness (QED) is 0.691. The lowest BCUT2D eigenvalue weighted by Gasteiger charge is -2.17. The third-order valence-corrected chi connectivity index (χ3v) is 2.58. The molecule has 0 spiro atoms. The molecule has 1 aliphatic heterocycles. The molecule has 1 amide bonds. The average Bonchev–Trinajstić information content (AvgIpc) is 2.75. The lowest BCUT2D eigenvalue weighted by atomic mass is 10.1. The molecule has 0 radical (unpaired) electrons. The molecule has 1 saturated carbocycles. The third-order valence-electron chi connectivity index (χ3n) is 2.58. The Bertz CT molecular complexity index is 243. The third kappa shape index (κ3) is 1.61. The molecule has 0 aromatic heterocycles. The molecule has 72 valence electrons. The molecular weight excluding hydrogens is 170 g/mol. The van der Waals surface area contributed by atoms with E-state index >= 15 is 0 Å². The highest BCUT2D eigenvalue weighted by atomic mass is 16.7. The maximum absolute atomic E-state index is 10.7. The van der Waals surface area contributed by atoms with Crippen molar-refractivity contribution in [2.45, 2.75) is 32.0 Å². The van der Waals surface area contributed by atoms with E-state index in [1.807, 2.05) is 0 Å². The predicted molar refractivity (Wildman–Crippen MR) is 45.2 cm³/mol. The van der Waals surface area contributed by atoms with Crippen LogP contribution in [0.2, 0.25) is 0 Å². The van der Waals surface area contributed by atoms with Crippen LogP contribution in [-0.4, -0.2) is 12.2 Å². The maximum Gasteiger partial charge on any atom is 0.287 e. The second-order valence-electron chi connectivity index (χ2n) is 3.51. The van der Waals surface area contributed by atoms with Gasteiger partial charge in [0.25, 0.3) is 5.91 Å². The van der Waals surface area contributed by atoms with E-state index in [1.165, 1.54) is 19.1 Å². The van der Waals surface area contributed by atoms with Gasteiger partial charge in [0.2, 0.25) is 12.0 Å².